The zero-order valence-corrected chi connectivity index (χ0v) is 10.5. The van der Waals surface area contributed by atoms with Gasteiger partial charge in [-0.2, -0.15) is 0 Å². The van der Waals surface area contributed by atoms with Crippen LogP contribution in [0.2, 0.25) is 0 Å². The number of methoxy groups -OCH3 is 1. The Morgan fingerprint density at radius 2 is 2.00 bits per heavy atom. The second kappa shape index (κ2) is 5.83. The Balaban J connectivity index is 2.31. The molecule has 90 valence electrons. The minimum atomic E-state index is 0.133. The van der Waals surface area contributed by atoms with E-state index >= 15 is 0 Å². The number of likely N-dealkylation sites (N-methyl/N-ethyl adjacent to an activating group) is 1. The van der Waals surface area contributed by atoms with E-state index in [2.05, 4.69) is 19.2 Å². The summed E-state index contributed by atoms with van der Waals surface area (Å²) < 4.78 is 11.3. The van der Waals surface area contributed by atoms with Gasteiger partial charge in [0.05, 0.1) is 18.3 Å². The van der Waals surface area contributed by atoms with Gasteiger partial charge in [-0.25, -0.2) is 0 Å². The van der Waals surface area contributed by atoms with Gasteiger partial charge in [-0.15, -0.1) is 0 Å². The van der Waals surface area contributed by atoms with Gasteiger partial charge in [0, 0.05) is 13.2 Å². The van der Waals surface area contributed by atoms with Crippen molar-refractivity contribution in [3.05, 3.63) is 0 Å². The number of hydrogen-bond donors (Lipinski definition) is 1. The van der Waals surface area contributed by atoms with Crippen molar-refractivity contribution in [2.24, 2.45) is 0 Å². The summed E-state index contributed by atoms with van der Waals surface area (Å²) in [6.45, 7) is 4.92. The summed E-state index contributed by atoms with van der Waals surface area (Å²) in [6, 6.07) is 0.410. The maximum absolute atomic E-state index is 5.64. The van der Waals surface area contributed by atoms with Crippen LogP contribution in [0.4, 0.5) is 0 Å². The highest BCUT2D eigenvalue weighted by atomic mass is 16.5. The van der Waals surface area contributed by atoms with Crippen molar-refractivity contribution in [1.29, 1.82) is 0 Å². The second-order valence-electron chi connectivity index (χ2n) is 4.81. The van der Waals surface area contributed by atoms with E-state index in [1.54, 1.807) is 0 Å². The summed E-state index contributed by atoms with van der Waals surface area (Å²) in [5.41, 5.74) is 0.133. The molecule has 1 aliphatic rings. The van der Waals surface area contributed by atoms with Crippen LogP contribution in [0, 0.1) is 0 Å². The van der Waals surface area contributed by atoms with Crippen LogP contribution in [-0.2, 0) is 9.47 Å². The summed E-state index contributed by atoms with van der Waals surface area (Å²) in [6.07, 6.45) is 5.06. The number of hydrogen-bond acceptors (Lipinski definition) is 3. The van der Waals surface area contributed by atoms with E-state index in [9.17, 15) is 0 Å². The summed E-state index contributed by atoms with van der Waals surface area (Å²) in [4.78, 5) is 0. The summed E-state index contributed by atoms with van der Waals surface area (Å²) in [7, 11) is 3.82. The second-order valence-corrected chi connectivity index (χ2v) is 4.81. The summed E-state index contributed by atoms with van der Waals surface area (Å²) >= 11 is 0. The first-order valence-electron chi connectivity index (χ1n) is 5.96. The van der Waals surface area contributed by atoms with E-state index in [0.29, 0.717) is 12.1 Å². The monoisotopic (exact) mass is 215 g/mol. The molecule has 3 nitrogen and oxygen atoms in total. The average molecular weight is 215 g/mol. The molecule has 1 fully saturated rings. The van der Waals surface area contributed by atoms with Gasteiger partial charge in [-0.3, -0.25) is 0 Å². The molecule has 0 aromatic heterocycles. The molecular formula is C12H25NO2. The zero-order chi connectivity index (χ0) is 11.3. The number of ether oxygens (including phenoxy) is 2. The Morgan fingerprint density at radius 1 is 1.33 bits per heavy atom. The van der Waals surface area contributed by atoms with Gasteiger partial charge in [0.2, 0.25) is 0 Å². The Labute approximate surface area is 93.5 Å². The van der Waals surface area contributed by atoms with Crippen LogP contribution in [-0.4, -0.2) is 38.5 Å². The molecule has 0 heterocycles. The van der Waals surface area contributed by atoms with E-state index < -0.39 is 0 Å². The fourth-order valence-electron chi connectivity index (χ4n) is 2.06. The average Bonchev–Trinajstić information content (AvgIpc) is 2.16. The summed E-state index contributed by atoms with van der Waals surface area (Å²) in [5.74, 6) is 0. The fraction of sp³-hybridized carbons (Fsp3) is 1.00. The van der Waals surface area contributed by atoms with Crippen LogP contribution < -0.4 is 5.32 Å². The lowest BCUT2D eigenvalue weighted by Gasteiger charge is -2.42. The molecule has 1 N–H and O–H groups in total. The first-order valence-corrected chi connectivity index (χ1v) is 5.96. The lowest BCUT2D eigenvalue weighted by molar-refractivity contribution is -0.0893. The molecule has 0 saturated heterocycles. The normalized spacial score (nSPS) is 21.4. The van der Waals surface area contributed by atoms with Crippen molar-refractivity contribution in [1.82, 2.24) is 5.32 Å². The van der Waals surface area contributed by atoms with Gasteiger partial charge in [0.25, 0.3) is 0 Å². The molecule has 0 bridgehead atoms. The third-order valence-corrected chi connectivity index (χ3v) is 3.36. The molecule has 1 aliphatic carbocycles. The van der Waals surface area contributed by atoms with E-state index in [4.69, 9.17) is 9.47 Å². The molecule has 1 atom stereocenters. The standard InChI is InChI=1S/C12H25NO2/c1-10(2)15-9-11(13-3)8-12(14-4)6-5-7-12/h10-11,13H,5-9H2,1-4H3. The number of nitrogens with one attached hydrogen (secondary N) is 1. The van der Waals surface area contributed by atoms with E-state index in [1.807, 2.05) is 14.2 Å². The quantitative estimate of drug-likeness (QED) is 0.704. The topological polar surface area (TPSA) is 30.5 Å². The number of rotatable bonds is 7. The molecule has 1 saturated carbocycles. The van der Waals surface area contributed by atoms with E-state index in [0.717, 1.165) is 13.0 Å². The lowest BCUT2D eigenvalue weighted by atomic mass is 9.76. The predicted molar refractivity (Wildman–Crippen MR) is 62.1 cm³/mol. The molecular weight excluding hydrogens is 190 g/mol. The molecule has 0 aromatic carbocycles. The molecule has 3 heteroatoms. The van der Waals surface area contributed by atoms with Crippen LogP contribution in [0.5, 0.6) is 0 Å². The first kappa shape index (κ1) is 12.9. The third kappa shape index (κ3) is 3.74. The van der Waals surface area contributed by atoms with Crippen molar-refractivity contribution < 1.29 is 9.47 Å². The minimum Gasteiger partial charge on any atom is -0.378 e. The predicted octanol–water partition coefficient (Wildman–Crippen LogP) is 1.96. The first-order chi connectivity index (χ1) is 7.12. The molecule has 0 aromatic rings. The van der Waals surface area contributed by atoms with Crippen molar-refractivity contribution in [3.63, 3.8) is 0 Å². The van der Waals surface area contributed by atoms with Crippen LogP contribution in [0.1, 0.15) is 39.5 Å². The maximum Gasteiger partial charge on any atom is 0.0694 e. The highest BCUT2D eigenvalue weighted by Gasteiger charge is 2.38. The SMILES string of the molecule is CNC(COC(C)C)CC1(OC)CCC1. The highest BCUT2D eigenvalue weighted by Crippen LogP contribution is 2.38. The molecule has 0 amide bonds. The third-order valence-electron chi connectivity index (χ3n) is 3.36. The Morgan fingerprint density at radius 3 is 2.33 bits per heavy atom. The van der Waals surface area contributed by atoms with E-state index in [-0.39, 0.29) is 5.60 Å². The maximum atomic E-state index is 5.64. The van der Waals surface area contributed by atoms with Crippen LogP contribution in [0.15, 0.2) is 0 Å². The Bertz CT molecular complexity index is 173. The smallest absolute Gasteiger partial charge is 0.0694 e. The van der Waals surface area contributed by atoms with Gasteiger partial charge in [0.1, 0.15) is 0 Å². The van der Waals surface area contributed by atoms with Gasteiger partial charge < -0.3 is 14.8 Å². The molecule has 1 unspecified atom stereocenters. The van der Waals surface area contributed by atoms with Crippen molar-refractivity contribution in [2.75, 3.05) is 20.8 Å². The largest absolute Gasteiger partial charge is 0.378 e. The molecule has 1 rings (SSSR count). The van der Waals surface area contributed by atoms with Crippen molar-refractivity contribution in [2.45, 2.75) is 57.3 Å². The molecule has 0 radical (unpaired) electrons. The van der Waals surface area contributed by atoms with Gasteiger partial charge in [0.15, 0.2) is 0 Å². The molecule has 15 heavy (non-hydrogen) atoms. The van der Waals surface area contributed by atoms with E-state index in [1.165, 1.54) is 19.3 Å². The zero-order valence-electron chi connectivity index (χ0n) is 10.5. The van der Waals surface area contributed by atoms with Crippen molar-refractivity contribution >= 4 is 0 Å². The fourth-order valence-corrected chi connectivity index (χ4v) is 2.06. The Hall–Kier alpha value is -0.120. The Kier molecular flexibility index (Phi) is 5.03. The summed E-state index contributed by atoms with van der Waals surface area (Å²) in [5, 5.41) is 3.31. The van der Waals surface area contributed by atoms with Gasteiger partial charge in [-0.1, -0.05) is 0 Å². The molecule has 0 aliphatic heterocycles. The van der Waals surface area contributed by atoms with Crippen LogP contribution in [0.3, 0.4) is 0 Å². The highest BCUT2D eigenvalue weighted by molar-refractivity contribution is 4.92. The van der Waals surface area contributed by atoms with Crippen molar-refractivity contribution in [3.8, 4) is 0 Å². The minimum absolute atomic E-state index is 0.133. The van der Waals surface area contributed by atoms with Crippen LogP contribution >= 0.6 is 0 Å². The van der Waals surface area contributed by atoms with Gasteiger partial charge >= 0.3 is 0 Å². The lowest BCUT2D eigenvalue weighted by Crippen LogP contribution is -2.46. The van der Waals surface area contributed by atoms with Gasteiger partial charge in [-0.05, 0) is 46.6 Å². The van der Waals surface area contributed by atoms with Crippen LogP contribution in [0.25, 0.3) is 0 Å². The molecule has 0 spiro atoms.